The van der Waals surface area contributed by atoms with E-state index in [4.69, 9.17) is 5.41 Å². The lowest BCUT2D eigenvalue weighted by molar-refractivity contribution is -0.114. The predicted molar refractivity (Wildman–Crippen MR) is 96.3 cm³/mol. The lowest BCUT2D eigenvalue weighted by Gasteiger charge is -2.26. The van der Waals surface area contributed by atoms with Crippen LogP contribution in [0.2, 0.25) is 0 Å². The molecule has 1 amide bonds. The molecule has 0 atom stereocenters. The van der Waals surface area contributed by atoms with E-state index >= 15 is 0 Å². The van der Waals surface area contributed by atoms with Crippen LogP contribution in [-0.2, 0) is 4.79 Å². The first kappa shape index (κ1) is 14.2. The standard InChI is InChI=1S/C17H11N3OS2/c18-15-13(9-12-7-4-8-22-12)16(21)19-17-20(15)14(10-23-17)11-5-2-1-3-6-11/h1-10,18H/b13-9-,18-15?. The SMILES string of the molecule is N=C1/C(=C/c2cccs2)C(=O)N=C2SC=C(c3ccccc3)N12. The first-order valence-corrected chi connectivity index (χ1v) is 8.69. The maximum atomic E-state index is 12.3. The first-order chi connectivity index (χ1) is 11.2. The minimum Gasteiger partial charge on any atom is -0.283 e. The zero-order valence-electron chi connectivity index (χ0n) is 11.9. The lowest BCUT2D eigenvalue weighted by atomic mass is 10.1. The van der Waals surface area contributed by atoms with Gasteiger partial charge in [-0.05, 0) is 23.1 Å². The summed E-state index contributed by atoms with van der Waals surface area (Å²) in [6.45, 7) is 0. The largest absolute Gasteiger partial charge is 0.283 e. The molecule has 6 heteroatoms. The maximum absolute atomic E-state index is 12.3. The Kier molecular flexibility index (Phi) is 3.48. The third kappa shape index (κ3) is 2.46. The third-order valence-corrected chi connectivity index (χ3v) is 5.16. The summed E-state index contributed by atoms with van der Waals surface area (Å²) in [5, 5.41) is 12.9. The molecule has 0 bridgehead atoms. The van der Waals surface area contributed by atoms with Crippen LogP contribution in [0.4, 0.5) is 0 Å². The monoisotopic (exact) mass is 337 g/mol. The number of fused-ring (bicyclic) bond motifs is 1. The Bertz CT molecular complexity index is 880. The molecule has 0 saturated carbocycles. The Morgan fingerprint density at radius 1 is 1.13 bits per heavy atom. The number of amidine groups is 2. The van der Waals surface area contributed by atoms with Gasteiger partial charge in [-0.15, -0.1) is 11.3 Å². The van der Waals surface area contributed by atoms with Crippen LogP contribution in [0, 0.1) is 5.41 Å². The minimum atomic E-state index is -0.357. The van der Waals surface area contributed by atoms with Crippen LogP contribution in [0.15, 0.2) is 63.8 Å². The van der Waals surface area contributed by atoms with Crippen molar-refractivity contribution >= 4 is 51.8 Å². The molecule has 112 valence electrons. The number of benzene rings is 1. The molecule has 0 unspecified atom stereocenters. The van der Waals surface area contributed by atoms with Gasteiger partial charge in [0.05, 0.1) is 11.3 Å². The van der Waals surface area contributed by atoms with Crippen LogP contribution in [0.25, 0.3) is 11.8 Å². The number of nitrogens with zero attached hydrogens (tertiary/aromatic N) is 2. The van der Waals surface area contributed by atoms with E-state index in [-0.39, 0.29) is 11.7 Å². The van der Waals surface area contributed by atoms with E-state index in [1.807, 2.05) is 53.3 Å². The quantitative estimate of drug-likeness (QED) is 0.841. The van der Waals surface area contributed by atoms with Crippen LogP contribution in [0.3, 0.4) is 0 Å². The van der Waals surface area contributed by atoms with Gasteiger partial charge in [0.2, 0.25) is 0 Å². The molecule has 1 N–H and O–H groups in total. The number of nitrogens with one attached hydrogen (secondary N) is 1. The van der Waals surface area contributed by atoms with E-state index in [1.54, 1.807) is 11.0 Å². The molecule has 4 rings (SSSR count). The Hall–Kier alpha value is -2.44. The second-order valence-corrected chi connectivity index (χ2v) is 6.76. The molecular formula is C17H11N3OS2. The van der Waals surface area contributed by atoms with Crippen molar-refractivity contribution in [3.8, 4) is 0 Å². The minimum absolute atomic E-state index is 0.175. The number of amides is 1. The predicted octanol–water partition coefficient (Wildman–Crippen LogP) is 4.05. The molecule has 4 nitrogen and oxygen atoms in total. The molecule has 0 spiro atoms. The highest BCUT2D eigenvalue weighted by Crippen LogP contribution is 2.37. The van der Waals surface area contributed by atoms with Crippen molar-refractivity contribution in [1.82, 2.24) is 4.90 Å². The lowest BCUT2D eigenvalue weighted by Crippen LogP contribution is -2.37. The van der Waals surface area contributed by atoms with Crippen LogP contribution in [0.5, 0.6) is 0 Å². The van der Waals surface area contributed by atoms with Gasteiger partial charge in [-0.2, -0.15) is 4.99 Å². The van der Waals surface area contributed by atoms with E-state index in [1.165, 1.54) is 23.1 Å². The topological polar surface area (TPSA) is 56.5 Å². The van der Waals surface area contributed by atoms with Gasteiger partial charge in [0.25, 0.3) is 5.91 Å². The number of carbonyl (C=O) groups excluding carboxylic acids is 1. The summed E-state index contributed by atoms with van der Waals surface area (Å²) in [5.74, 6) is -0.182. The molecule has 1 aromatic carbocycles. The number of rotatable bonds is 2. The highest BCUT2D eigenvalue weighted by molar-refractivity contribution is 8.17. The van der Waals surface area contributed by atoms with Crippen molar-refractivity contribution in [2.75, 3.05) is 0 Å². The smallest absolute Gasteiger partial charge is 0.283 e. The van der Waals surface area contributed by atoms with Crippen LogP contribution in [-0.4, -0.2) is 21.8 Å². The zero-order valence-corrected chi connectivity index (χ0v) is 13.5. The van der Waals surface area contributed by atoms with Crippen LogP contribution in [0.1, 0.15) is 10.4 Å². The summed E-state index contributed by atoms with van der Waals surface area (Å²) < 4.78 is 0. The van der Waals surface area contributed by atoms with Gasteiger partial charge < -0.3 is 0 Å². The van der Waals surface area contributed by atoms with E-state index < -0.39 is 0 Å². The van der Waals surface area contributed by atoms with Gasteiger partial charge in [-0.1, -0.05) is 48.2 Å². The molecule has 1 aromatic heterocycles. The Balaban J connectivity index is 1.76. The van der Waals surface area contributed by atoms with Gasteiger partial charge in [-0.25, -0.2) is 0 Å². The molecule has 3 heterocycles. The van der Waals surface area contributed by atoms with Crippen molar-refractivity contribution in [1.29, 1.82) is 5.41 Å². The molecule has 0 saturated heterocycles. The van der Waals surface area contributed by atoms with Crippen molar-refractivity contribution in [2.24, 2.45) is 4.99 Å². The summed E-state index contributed by atoms with van der Waals surface area (Å²) in [6, 6.07) is 13.7. The summed E-state index contributed by atoms with van der Waals surface area (Å²) in [6.07, 6.45) is 1.74. The average Bonchev–Trinajstić information content (AvgIpc) is 3.21. The Morgan fingerprint density at radius 2 is 1.96 bits per heavy atom. The van der Waals surface area contributed by atoms with E-state index in [2.05, 4.69) is 4.99 Å². The fourth-order valence-corrected chi connectivity index (χ4v) is 3.98. The molecule has 2 aromatic rings. The van der Waals surface area contributed by atoms with Crippen LogP contribution < -0.4 is 0 Å². The number of hydrogen-bond donors (Lipinski definition) is 1. The van der Waals surface area contributed by atoms with Gasteiger partial charge in [-0.3, -0.25) is 15.1 Å². The van der Waals surface area contributed by atoms with Crippen molar-refractivity contribution < 1.29 is 4.79 Å². The Morgan fingerprint density at radius 3 is 2.70 bits per heavy atom. The van der Waals surface area contributed by atoms with Gasteiger partial charge >= 0.3 is 0 Å². The van der Waals surface area contributed by atoms with Crippen molar-refractivity contribution in [3.05, 3.63) is 69.3 Å². The van der Waals surface area contributed by atoms with E-state index in [0.717, 1.165) is 16.1 Å². The molecule has 0 aliphatic carbocycles. The maximum Gasteiger partial charge on any atom is 0.283 e. The van der Waals surface area contributed by atoms with Gasteiger partial charge in [0.1, 0.15) is 5.84 Å². The summed E-state index contributed by atoms with van der Waals surface area (Å²) in [7, 11) is 0. The van der Waals surface area contributed by atoms with Gasteiger partial charge in [0.15, 0.2) is 5.17 Å². The number of carbonyl (C=O) groups is 1. The van der Waals surface area contributed by atoms with Crippen LogP contribution >= 0.6 is 23.1 Å². The molecular weight excluding hydrogens is 326 g/mol. The first-order valence-electron chi connectivity index (χ1n) is 6.93. The summed E-state index contributed by atoms with van der Waals surface area (Å²) in [4.78, 5) is 19.1. The highest BCUT2D eigenvalue weighted by atomic mass is 32.2. The molecule has 23 heavy (non-hydrogen) atoms. The highest BCUT2D eigenvalue weighted by Gasteiger charge is 2.36. The Labute approximate surface area is 141 Å². The second kappa shape index (κ2) is 5.64. The second-order valence-electron chi connectivity index (χ2n) is 4.94. The number of hydrogen-bond acceptors (Lipinski definition) is 4. The number of thiophene rings is 1. The normalized spacial score (nSPS) is 19.0. The van der Waals surface area contributed by atoms with Crippen molar-refractivity contribution in [2.45, 2.75) is 0 Å². The fraction of sp³-hybridized carbons (Fsp3) is 0. The zero-order chi connectivity index (χ0) is 15.8. The van der Waals surface area contributed by atoms with E-state index in [9.17, 15) is 4.79 Å². The molecule has 2 aliphatic rings. The molecule has 0 radical (unpaired) electrons. The molecule has 0 fully saturated rings. The molecule has 2 aliphatic heterocycles. The summed E-state index contributed by atoms with van der Waals surface area (Å²) >= 11 is 2.91. The third-order valence-electron chi connectivity index (χ3n) is 3.51. The van der Waals surface area contributed by atoms with Crippen molar-refractivity contribution in [3.63, 3.8) is 0 Å². The number of aliphatic imine (C=N–C) groups is 1. The van der Waals surface area contributed by atoms with E-state index in [0.29, 0.717) is 10.7 Å². The van der Waals surface area contributed by atoms with Gasteiger partial charge in [0, 0.05) is 10.3 Å². The number of thioether (sulfide) groups is 1. The summed E-state index contributed by atoms with van der Waals surface area (Å²) in [5.41, 5.74) is 2.20. The average molecular weight is 337 g/mol. The fourth-order valence-electron chi connectivity index (χ4n) is 2.43.